The Morgan fingerprint density at radius 3 is 2.52 bits per heavy atom. The predicted octanol–water partition coefficient (Wildman–Crippen LogP) is 6.60. The number of hydrogen-bond donors (Lipinski definition) is 1. The van der Waals surface area contributed by atoms with Gasteiger partial charge in [0.25, 0.3) is 5.91 Å². The number of carbonyl (C=O) groups excluding carboxylic acids is 2. The summed E-state index contributed by atoms with van der Waals surface area (Å²) in [6.45, 7) is 2.44. The Morgan fingerprint density at radius 1 is 1.02 bits per heavy atom. The molecule has 3 heterocycles. The van der Waals surface area contributed by atoms with Crippen LogP contribution >= 0.6 is 0 Å². The lowest BCUT2D eigenvalue weighted by Crippen LogP contribution is -2.32. The van der Waals surface area contributed by atoms with Crippen LogP contribution in [0.5, 0.6) is 0 Å². The number of Topliss-reactive ketones (excluding diaryl/α,β-unsaturated/α-hetero) is 1. The molecule has 3 atom stereocenters. The lowest BCUT2D eigenvalue weighted by molar-refractivity contribution is 0.0456. The second-order valence-corrected chi connectivity index (χ2v) is 11.7. The summed E-state index contributed by atoms with van der Waals surface area (Å²) in [6, 6.07) is 14.9. The molecule has 4 aromatic rings. The largest absolute Gasteiger partial charge is 0.446 e. The molecule has 1 amide bonds. The third kappa shape index (κ3) is 6.09. The van der Waals surface area contributed by atoms with Gasteiger partial charge in [-0.3, -0.25) is 9.59 Å². The number of aliphatic hydroxyl groups excluding tert-OH is 1. The molecule has 0 unspecified atom stereocenters. The van der Waals surface area contributed by atoms with Crippen LogP contribution in [0.15, 0.2) is 76.1 Å². The molecule has 2 aliphatic rings. The van der Waals surface area contributed by atoms with Crippen molar-refractivity contribution >= 4 is 11.7 Å². The van der Waals surface area contributed by atoms with Crippen molar-refractivity contribution in [3.05, 3.63) is 95.5 Å². The topological polar surface area (TPSA) is 110 Å². The lowest BCUT2D eigenvalue weighted by Gasteiger charge is -2.27. The number of oxazole rings is 2. The van der Waals surface area contributed by atoms with Crippen LogP contribution in [0.1, 0.15) is 88.9 Å². The summed E-state index contributed by atoms with van der Waals surface area (Å²) in [5.74, 6) is 0.534. The number of likely N-dealkylation sites (tertiary alicyclic amines) is 1. The third-order valence-electron chi connectivity index (χ3n) is 8.77. The molecule has 8 heteroatoms. The highest BCUT2D eigenvalue weighted by molar-refractivity contribution is 6.02. The van der Waals surface area contributed by atoms with E-state index in [2.05, 4.69) is 9.97 Å². The molecule has 218 valence electrons. The molecule has 0 spiro atoms. The predicted molar refractivity (Wildman–Crippen MR) is 157 cm³/mol. The Labute approximate surface area is 245 Å². The Morgan fingerprint density at radius 2 is 1.81 bits per heavy atom. The fourth-order valence-electron chi connectivity index (χ4n) is 6.63. The van der Waals surface area contributed by atoms with Crippen molar-refractivity contribution < 1.29 is 23.5 Å². The molecular weight excluding hydrogens is 530 g/mol. The van der Waals surface area contributed by atoms with Crippen molar-refractivity contribution in [2.45, 2.75) is 70.4 Å². The van der Waals surface area contributed by atoms with Crippen LogP contribution in [0.2, 0.25) is 0 Å². The summed E-state index contributed by atoms with van der Waals surface area (Å²) in [5, 5.41) is 11.4. The van der Waals surface area contributed by atoms with E-state index in [0.717, 1.165) is 49.8 Å². The minimum atomic E-state index is -0.567. The molecule has 6 rings (SSSR count). The molecule has 1 aliphatic carbocycles. The Kier molecular flexibility index (Phi) is 8.33. The number of aryl methyl sites for hydroxylation is 1. The molecule has 1 saturated heterocycles. The first-order chi connectivity index (χ1) is 20.5. The number of rotatable bonds is 10. The molecule has 2 aromatic carbocycles. The SMILES string of the molecule is Cc1coc([C@H]2CCCN2C(=O)c2cc(C(=O)C[C@@H](Cc3ccccc3)[C@H](O)C3CCCC3)cc(-c3ncco3)c2)n1. The second kappa shape index (κ2) is 12.4. The van der Waals surface area contributed by atoms with Gasteiger partial charge in [0.15, 0.2) is 5.78 Å². The van der Waals surface area contributed by atoms with E-state index in [-0.39, 0.29) is 36.0 Å². The van der Waals surface area contributed by atoms with Crippen molar-refractivity contribution in [2.75, 3.05) is 6.54 Å². The zero-order chi connectivity index (χ0) is 29.1. The van der Waals surface area contributed by atoms with Gasteiger partial charge in [-0.1, -0.05) is 43.2 Å². The molecule has 2 aromatic heterocycles. The number of ketones is 1. The van der Waals surface area contributed by atoms with Gasteiger partial charge in [-0.25, -0.2) is 9.97 Å². The molecule has 1 N–H and O–H groups in total. The highest BCUT2D eigenvalue weighted by atomic mass is 16.3. The molecule has 0 radical (unpaired) electrons. The molecule has 1 saturated carbocycles. The molecule has 1 aliphatic heterocycles. The van der Waals surface area contributed by atoms with E-state index in [1.807, 2.05) is 37.3 Å². The fourth-order valence-corrected chi connectivity index (χ4v) is 6.63. The van der Waals surface area contributed by atoms with Crippen molar-refractivity contribution in [2.24, 2.45) is 11.8 Å². The van der Waals surface area contributed by atoms with E-state index in [4.69, 9.17) is 8.83 Å². The van der Waals surface area contributed by atoms with Crippen molar-refractivity contribution in [3.63, 3.8) is 0 Å². The van der Waals surface area contributed by atoms with Gasteiger partial charge in [-0.05, 0) is 74.6 Å². The first kappa shape index (κ1) is 28.1. The van der Waals surface area contributed by atoms with E-state index >= 15 is 0 Å². The lowest BCUT2D eigenvalue weighted by atomic mass is 9.81. The van der Waals surface area contributed by atoms with Gasteiger partial charge in [0.05, 0.1) is 18.0 Å². The normalized spacial score (nSPS) is 18.8. The minimum absolute atomic E-state index is 0.114. The summed E-state index contributed by atoms with van der Waals surface area (Å²) >= 11 is 0. The Hall–Kier alpha value is -4.04. The summed E-state index contributed by atoms with van der Waals surface area (Å²) in [6.07, 6.45) is 10.6. The smallest absolute Gasteiger partial charge is 0.254 e. The molecule has 42 heavy (non-hydrogen) atoms. The summed E-state index contributed by atoms with van der Waals surface area (Å²) < 4.78 is 11.2. The van der Waals surface area contributed by atoms with Crippen molar-refractivity contribution in [1.29, 1.82) is 0 Å². The van der Waals surface area contributed by atoms with Crippen LogP contribution < -0.4 is 0 Å². The fraction of sp³-hybridized carbons (Fsp3) is 0.412. The third-order valence-corrected chi connectivity index (χ3v) is 8.77. The monoisotopic (exact) mass is 567 g/mol. The van der Waals surface area contributed by atoms with Gasteiger partial charge in [0, 0.05) is 29.7 Å². The molecular formula is C34H37N3O5. The number of aliphatic hydroxyl groups is 1. The zero-order valence-electron chi connectivity index (χ0n) is 23.9. The number of carbonyl (C=O) groups is 2. The van der Waals surface area contributed by atoms with Crippen molar-refractivity contribution in [3.8, 4) is 11.5 Å². The average Bonchev–Trinajstić information content (AvgIpc) is 3.84. The quantitative estimate of drug-likeness (QED) is 0.215. The minimum Gasteiger partial charge on any atom is -0.446 e. The van der Waals surface area contributed by atoms with E-state index < -0.39 is 6.10 Å². The first-order valence-corrected chi connectivity index (χ1v) is 15.0. The average molecular weight is 568 g/mol. The summed E-state index contributed by atoms with van der Waals surface area (Å²) in [7, 11) is 0. The number of hydrogen-bond acceptors (Lipinski definition) is 7. The van der Waals surface area contributed by atoms with Gasteiger partial charge >= 0.3 is 0 Å². The number of nitrogens with zero attached hydrogens (tertiary/aromatic N) is 3. The standard InChI is InChI=1S/C34H37N3O5/c1-22-21-42-33(36-22)29-12-7-14-37(29)34(40)28-18-25(17-27(19-28)32-35-13-15-41-32)30(38)20-26(16-23-8-3-2-4-9-23)31(39)24-10-5-6-11-24/h2-4,8-9,13,15,17-19,21,24,26,29,31,39H,5-7,10-12,14,16,20H2,1H3/t26-,29-,31-/m1/s1. The van der Waals surface area contributed by atoms with Crippen molar-refractivity contribution in [1.82, 2.24) is 14.9 Å². The van der Waals surface area contributed by atoms with Crippen LogP contribution in [-0.2, 0) is 6.42 Å². The van der Waals surface area contributed by atoms with Gasteiger partial charge < -0.3 is 18.8 Å². The summed E-state index contributed by atoms with van der Waals surface area (Å²) in [4.78, 5) is 38.4. The van der Waals surface area contributed by atoms with Crippen LogP contribution in [-0.4, -0.2) is 44.3 Å². The van der Waals surface area contributed by atoms with Crippen LogP contribution in [0.4, 0.5) is 0 Å². The van der Waals surface area contributed by atoms with Gasteiger partial charge in [-0.15, -0.1) is 0 Å². The van der Waals surface area contributed by atoms with E-state index in [1.54, 1.807) is 35.6 Å². The Bertz CT molecular complexity index is 1510. The number of aromatic nitrogens is 2. The van der Waals surface area contributed by atoms with E-state index in [1.165, 1.54) is 6.26 Å². The first-order valence-electron chi connectivity index (χ1n) is 15.0. The second-order valence-electron chi connectivity index (χ2n) is 11.7. The van der Waals surface area contributed by atoms with E-state index in [9.17, 15) is 14.7 Å². The van der Waals surface area contributed by atoms with Crippen LogP contribution in [0.25, 0.3) is 11.5 Å². The maximum Gasteiger partial charge on any atom is 0.254 e. The number of amides is 1. The molecule has 2 fully saturated rings. The highest BCUT2D eigenvalue weighted by Crippen LogP contribution is 2.36. The van der Waals surface area contributed by atoms with E-state index in [0.29, 0.717) is 41.4 Å². The molecule has 8 nitrogen and oxygen atoms in total. The Balaban J connectivity index is 1.30. The maximum absolute atomic E-state index is 14.0. The van der Waals surface area contributed by atoms with Gasteiger partial charge in [0.1, 0.15) is 18.6 Å². The van der Waals surface area contributed by atoms with Gasteiger partial charge in [-0.2, -0.15) is 0 Å². The maximum atomic E-state index is 14.0. The number of benzene rings is 2. The zero-order valence-corrected chi connectivity index (χ0v) is 23.9. The summed E-state index contributed by atoms with van der Waals surface area (Å²) in [5.41, 5.74) is 3.23. The highest BCUT2D eigenvalue weighted by Gasteiger charge is 2.35. The van der Waals surface area contributed by atoms with Gasteiger partial charge in [0.2, 0.25) is 11.8 Å². The molecule has 0 bridgehead atoms. The van der Waals surface area contributed by atoms with Crippen LogP contribution in [0.3, 0.4) is 0 Å². The van der Waals surface area contributed by atoms with Crippen LogP contribution in [0, 0.1) is 18.8 Å².